The molecule has 0 aliphatic carbocycles. The van der Waals surface area contributed by atoms with Gasteiger partial charge in [0.15, 0.2) is 10.6 Å². The quantitative estimate of drug-likeness (QED) is 0.381. The van der Waals surface area contributed by atoms with Gasteiger partial charge in [0, 0.05) is 24.9 Å². The fourth-order valence-corrected chi connectivity index (χ4v) is 4.87. The highest BCUT2D eigenvalue weighted by Crippen LogP contribution is 2.63. The maximum Gasteiger partial charge on any atom is 0.295 e. The lowest BCUT2D eigenvalue weighted by molar-refractivity contribution is 0.438. The first-order valence-corrected chi connectivity index (χ1v) is 11.7. The molecule has 9 nitrogen and oxygen atoms in total. The zero-order valence-electron chi connectivity index (χ0n) is 16.1. The van der Waals surface area contributed by atoms with Gasteiger partial charge < -0.3 is 0 Å². The molecule has 2 aromatic rings. The van der Waals surface area contributed by atoms with Gasteiger partial charge in [-0.15, -0.1) is 14.7 Å². The van der Waals surface area contributed by atoms with Gasteiger partial charge in [-0.3, -0.25) is 4.55 Å². The van der Waals surface area contributed by atoms with Crippen molar-refractivity contribution in [3.63, 3.8) is 0 Å². The number of nitroso groups, excluding NO2 is 3. The van der Waals surface area contributed by atoms with Crippen molar-refractivity contribution < 1.29 is 13.0 Å². The smallest absolute Gasteiger partial charge is 0.282 e. The van der Waals surface area contributed by atoms with Crippen molar-refractivity contribution in [3.05, 3.63) is 62.7 Å². The summed E-state index contributed by atoms with van der Waals surface area (Å²) in [6.45, 7) is 5.92. The zero-order valence-corrected chi connectivity index (χ0v) is 17.7. The van der Waals surface area contributed by atoms with Gasteiger partial charge in [0.05, 0.1) is 4.90 Å². The van der Waals surface area contributed by atoms with E-state index in [1.54, 1.807) is 6.07 Å². The lowest BCUT2D eigenvalue weighted by Crippen LogP contribution is -2.19. The highest BCUT2D eigenvalue weighted by Gasteiger charge is 2.37. The Morgan fingerprint density at radius 1 is 0.862 bits per heavy atom. The average Bonchev–Trinajstić information content (AvgIpc) is 2.74. The molecule has 0 fully saturated rings. The van der Waals surface area contributed by atoms with E-state index in [2.05, 4.69) is 13.7 Å². The summed E-state index contributed by atoms with van der Waals surface area (Å²) in [5.74, 6) is 0. The van der Waals surface area contributed by atoms with E-state index in [9.17, 15) is 27.7 Å². The molecule has 0 radical (unpaired) electrons. The first-order valence-electron chi connectivity index (χ1n) is 8.71. The molecule has 0 aliphatic rings. The van der Waals surface area contributed by atoms with Crippen LogP contribution in [-0.4, -0.2) is 13.0 Å². The molecule has 0 aromatic heterocycles. The fourth-order valence-electron chi connectivity index (χ4n) is 3.08. The molecule has 0 bridgehead atoms. The van der Waals surface area contributed by atoms with Crippen LogP contribution >= 0.6 is 10.6 Å². The summed E-state index contributed by atoms with van der Waals surface area (Å²) >= 11 is 0. The van der Waals surface area contributed by atoms with Crippen molar-refractivity contribution in [3.8, 4) is 11.1 Å². The number of benzene rings is 2. The summed E-state index contributed by atoms with van der Waals surface area (Å²) in [6, 6.07) is 10.1. The Morgan fingerprint density at radius 3 is 1.86 bits per heavy atom. The molecule has 29 heavy (non-hydrogen) atoms. The van der Waals surface area contributed by atoms with Gasteiger partial charge in [-0.25, -0.2) is 0 Å². The minimum absolute atomic E-state index is 0.000856. The molecule has 11 heteroatoms. The highest BCUT2D eigenvalue weighted by molar-refractivity contribution is 8.30. The third kappa shape index (κ3) is 4.11. The Balaban J connectivity index is 2.97. The fraction of sp³-hybridized carbons (Fsp3) is 0.333. The molecular weight excluding hydrogens is 418 g/mol. The lowest BCUT2D eigenvalue weighted by Gasteiger charge is -2.29. The van der Waals surface area contributed by atoms with Crippen LogP contribution in [-0.2, 0) is 15.5 Å². The summed E-state index contributed by atoms with van der Waals surface area (Å²) in [7, 11) is -8.53. The van der Waals surface area contributed by atoms with E-state index >= 15 is 0 Å². The summed E-state index contributed by atoms with van der Waals surface area (Å²) in [5.41, 5.74) is 0.443. The van der Waals surface area contributed by atoms with Crippen LogP contribution in [0.3, 0.4) is 0 Å². The normalized spacial score (nSPS) is 13.0. The van der Waals surface area contributed by atoms with E-state index < -0.39 is 25.6 Å². The molecule has 0 unspecified atom stereocenters. The van der Waals surface area contributed by atoms with E-state index in [-0.39, 0.29) is 21.4 Å². The van der Waals surface area contributed by atoms with Gasteiger partial charge in [0.1, 0.15) is 4.90 Å². The van der Waals surface area contributed by atoms with Crippen LogP contribution in [0.4, 0.5) is 0 Å². The topological polar surface area (TPSA) is 143 Å². The lowest BCUT2D eigenvalue weighted by atomic mass is 9.77. The molecule has 0 amide bonds. The predicted octanol–water partition coefficient (Wildman–Crippen LogP) is 5.89. The Morgan fingerprint density at radius 2 is 1.38 bits per heavy atom. The van der Waals surface area contributed by atoms with Crippen LogP contribution in [0.1, 0.15) is 39.2 Å². The summed E-state index contributed by atoms with van der Waals surface area (Å²) in [6.07, 6.45) is 1.45. The van der Waals surface area contributed by atoms with Gasteiger partial charge in [-0.1, -0.05) is 51.1 Å². The molecule has 0 saturated heterocycles. The largest absolute Gasteiger partial charge is 0.295 e. The monoisotopic (exact) mass is 439 g/mol. The third-order valence-electron chi connectivity index (χ3n) is 5.30. The molecule has 1 N–H and O–H groups in total. The van der Waals surface area contributed by atoms with Crippen LogP contribution in [0, 0.1) is 14.7 Å². The van der Waals surface area contributed by atoms with Crippen LogP contribution < -0.4 is 0 Å². The Bertz CT molecular complexity index is 1030. The third-order valence-corrected chi connectivity index (χ3v) is 7.76. The Kier molecular flexibility index (Phi) is 6.66. The second kappa shape index (κ2) is 8.47. The second-order valence-corrected chi connectivity index (χ2v) is 10.0. The molecule has 0 saturated carbocycles. The van der Waals surface area contributed by atoms with Crippen molar-refractivity contribution in [2.45, 2.75) is 48.8 Å². The number of hydrogen-bond acceptors (Lipinski definition) is 8. The predicted molar refractivity (Wildman–Crippen MR) is 113 cm³/mol. The van der Waals surface area contributed by atoms with Crippen LogP contribution in [0.25, 0.3) is 11.1 Å². The minimum atomic E-state index is -4.63. The van der Waals surface area contributed by atoms with Crippen molar-refractivity contribution in [2.24, 2.45) is 13.7 Å². The van der Waals surface area contributed by atoms with Gasteiger partial charge >= 0.3 is 0 Å². The molecule has 2 rings (SSSR count). The summed E-state index contributed by atoms with van der Waals surface area (Å²) in [5, 5.41) is 0. The average molecular weight is 440 g/mol. The maximum atomic E-state index is 11.8. The molecule has 0 heterocycles. The van der Waals surface area contributed by atoms with Gasteiger partial charge in [-0.05, 0) is 36.0 Å². The summed E-state index contributed by atoms with van der Waals surface area (Å²) < 4.78 is 41.2. The first-order chi connectivity index (χ1) is 13.6. The van der Waals surface area contributed by atoms with Crippen LogP contribution in [0.2, 0.25) is 0 Å². The standard InChI is InChI=1S/C18H21N3O6S2/c1-4-18(3,5-2)13-10-11-15(17(12-13)28(19-22,20-23)21-24)14-8-6-7-9-16(14)29(25,26)27/h6-12H,4-5H2,1-3H3,(H,25,26,27). The molecule has 0 spiro atoms. The Labute approximate surface area is 170 Å². The van der Waals surface area contributed by atoms with E-state index in [1.807, 2.05) is 20.8 Å². The van der Waals surface area contributed by atoms with Crippen molar-refractivity contribution >= 4 is 20.7 Å². The van der Waals surface area contributed by atoms with Crippen molar-refractivity contribution in [2.75, 3.05) is 0 Å². The molecule has 156 valence electrons. The number of nitrogens with zero attached hydrogens (tertiary/aromatic N) is 3. The van der Waals surface area contributed by atoms with E-state index in [4.69, 9.17) is 0 Å². The minimum Gasteiger partial charge on any atom is -0.282 e. The highest BCUT2D eigenvalue weighted by atomic mass is 32.3. The van der Waals surface area contributed by atoms with Crippen LogP contribution in [0.5, 0.6) is 0 Å². The molecular formula is C18H21N3O6S2. The van der Waals surface area contributed by atoms with Gasteiger partial charge in [-0.2, -0.15) is 8.42 Å². The SMILES string of the molecule is CCC(C)(CC)c1ccc(-c2ccccc2S(=O)(=O)O)c(S(N=O)(N=O)N=O)c1. The van der Waals surface area contributed by atoms with E-state index in [0.717, 1.165) is 18.4 Å². The Hall–Kier alpha value is -2.50. The number of hydrogen-bond donors (Lipinski definition) is 1. The van der Waals surface area contributed by atoms with Gasteiger partial charge in [0.25, 0.3) is 10.1 Å². The molecule has 0 atom stereocenters. The zero-order chi connectivity index (χ0) is 21.9. The van der Waals surface area contributed by atoms with E-state index in [0.29, 0.717) is 0 Å². The van der Waals surface area contributed by atoms with Crippen molar-refractivity contribution in [1.29, 1.82) is 0 Å². The number of rotatable bonds is 9. The second-order valence-electron chi connectivity index (χ2n) is 6.69. The molecule has 2 aromatic carbocycles. The maximum absolute atomic E-state index is 11.8. The molecule has 0 aliphatic heterocycles. The van der Waals surface area contributed by atoms with Crippen molar-refractivity contribution in [1.82, 2.24) is 0 Å². The first kappa shape index (κ1) is 22.8. The van der Waals surface area contributed by atoms with E-state index in [1.165, 1.54) is 36.4 Å². The van der Waals surface area contributed by atoms with Crippen LogP contribution in [0.15, 0.2) is 66.0 Å². The van der Waals surface area contributed by atoms with Gasteiger partial charge in [0.2, 0.25) is 0 Å². The summed E-state index contributed by atoms with van der Waals surface area (Å²) in [4.78, 5) is 33.8.